The number of pyridine rings is 1. The van der Waals surface area contributed by atoms with Gasteiger partial charge in [-0.3, -0.25) is 14.3 Å². The van der Waals surface area contributed by atoms with Gasteiger partial charge in [-0.15, -0.1) is 0 Å². The SMILES string of the molecule is Cc1ccc2ncc(C(=O)N(C)C[C@H]3OCC[C@H]3c3n[nH]c(C)n3)n2c1. The number of carbonyl (C=O) groups excluding carboxylic acids is 1. The summed E-state index contributed by atoms with van der Waals surface area (Å²) in [7, 11) is 1.79. The maximum absolute atomic E-state index is 12.9. The molecule has 2 atom stereocenters. The Bertz CT molecular complexity index is 946. The van der Waals surface area contributed by atoms with Gasteiger partial charge in [-0.1, -0.05) is 6.07 Å². The summed E-state index contributed by atoms with van der Waals surface area (Å²) in [6.07, 6.45) is 4.30. The van der Waals surface area contributed by atoms with Crippen LogP contribution in [0, 0.1) is 13.8 Å². The number of nitrogens with zero attached hydrogens (tertiary/aromatic N) is 5. The molecular formula is C18H22N6O2. The second-order valence-corrected chi connectivity index (χ2v) is 6.85. The standard InChI is InChI=1S/C18H22N6O2/c1-11-4-5-16-19-8-14(24(16)9-11)18(25)23(3)10-15-13(6-7-26-15)17-20-12(2)21-22-17/h4-5,8-9,13,15H,6-7,10H2,1-3H3,(H,20,21,22)/t13-,15-/m1/s1. The second-order valence-electron chi connectivity index (χ2n) is 6.85. The monoisotopic (exact) mass is 354 g/mol. The molecule has 0 bridgehead atoms. The Morgan fingerprint density at radius 2 is 2.27 bits per heavy atom. The van der Waals surface area contributed by atoms with Crippen LogP contribution in [0.3, 0.4) is 0 Å². The van der Waals surface area contributed by atoms with Crippen molar-refractivity contribution in [2.75, 3.05) is 20.2 Å². The fourth-order valence-corrected chi connectivity index (χ4v) is 3.44. The van der Waals surface area contributed by atoms with Crippen molar-refractivity contribution in [3.8, 4) is 0 Å². The molecule has 0 saturated carbocycles. The van der Waals surface area contributed by atoms with Gasteiger partial charge in [-0.25, -0.2) is 9.97 Å². The molecule has 0 radical (unpaired) electrons. The maximum Gasteiger partial charge on any atom is 0.272 e. The lowest BCUT2D eigenvalue weighted by Gasteiger charge is -2.23. The molecule has 8 nitrogen and oxygen atoms in total. The van der Waals surface area contributed by atoms with Crippen molar-refractivity contribution < 1.29 is 9.53 Å². The van der Waals surface area contributed by atoms with Crippen LogP contribution in [0.5, 0.6) is 0 Å². The number of aromatic nitrogens is 5. The van der Waals surface area contributed by atoms with Crippen LogP contribution >= 0.6 is 0 Å². The third-order valence-electron chi connectivity index (χ3n) is 4.83. The van der Waals surface area contributed by atoms with Crippen molar-refractivity contribution in [1.82, 2.24) is 29.5 Å². The predicted octanol–water partition coefficient (Wildman–Crippen LogP) is 1.71. The highest BCUT2D eigenvalue weighted by Crippen LogP contribution is 2.29. The molecule has 4 rings (SSSR count). The summed E-state index contributed by atoms with van der Waals surface area (Å²) >= 11 is 0. The lowest BCUT2D eigenvalue weighted by atomic mass is 10.0. The topological polar surface area (TPSA) is 88.4 Å². The Balaban J connectivity index is 1.52. The van der Waals surface area contributed by atoms with E-state index in [1.807, 2.05) is 36.6 Å². The summed E-state index contributed by atoms with van der Waals surface area (Å²) in [5.41, 5.74) is 2.39. The van der Waals surface area contributed by atoms with Crippen molar-refractivity contribution in [3.63, 3.8) is 0 Å². The summed E-state index contributed by atoms with van der Waals surface area (Å²) in [6, 6.07) is 3.89. The fraction of sp³-hybridized carbons (Fsp3) is 0.444. The second kappa shape index (κ2) is 6.53. The number of imidazole rings is 1. The van der Waals surface area contributed by atoms with Gasteiger partial charge in [0.15, 0.2) is 5.82 Å². The Kier molecular flexibility index (Phi) is 4.20. The molecule has 0 unspecified atom stereocenters. The smallest absolute Gasteiger partial charge is 0.272 e. The first-order valence-electron chi connectivity index (χ1n) is 8.72. The minimum absolute atomic E-state index is 0.0801. The molecule has 1 saturated heterocycles. The van der Waals surface area contributed by atoms with Crippen LogP contribution in [0.25, 0.3) is 5.65 Å². The van der Waals surface area contributed by atoms with E-state index in [1.165, 1.54) is 0 Å². The number of carbonyl (C=O) groups is 1. The molecule has 4 heterocycles. The van der Waals surface area contributed by atoms with E-state index in [0.29, 0.717) is 18.8 Å². The third-order valence-corrected chi connectivity index (χ3v) is 4.83. The minimum atomic E-state index is -0.111. The summed E-state index contributed by atoms with van der Waals surface area (Å²) < 4.78 is 7.70. The zero-order valence-corrected chi connectivity index (χ0v) is 15.1. The molecule has 1 fully saturated rings. The van der Waals surface area contributed by atoms with Crippen molar-refractivity contribution in [2.24, 2.45) is 0 Å². The van der Waals surface area contributed by atoms with Crippen LogP contribution in [0.15, 0.2) is 24.5 Å². The van der Waals surface area contributed by atoms with E-state index in [0.717, 1.165) is 29.3 Å². The highest BCUT2D eigenvalue weighted by atomic mass is 16.5. The van der Waals surface area contributed by atoms with Crippen LogP contribution in [-0.2, 0) is 4.74 Å². The lowest BCUT2D eigenvalue weighted by molar-refractivity contribution is 0.0545. The van der Waals surface area contributed by atoms with Crippen molar-refractivity contribution in [1.29, 1.82) is 0 Å². The van der Waals surface area contributed by atoms with Crippen LogP contribution in [0.4, 0.5) is 0 Å². The Labute approximate surface area is 151 Å². The third kappa shape index (κ3) is 2.96. The number of rotatable bonds is 4. The van der Waals surface area contributed by atoms with Gasteiger partial charge in [0.2, 0.25) is 0 Å². The maximum atomic E-state index is 12.9. The predicted molar refractivity (Wildman–Crippen MR) is 95.1 cm³/mol. The molecule has 1 N–H and O–H groups in total. The number of aromatic amines is 1. The molecule has 1 aliphatic heterocycles. The highest BCUT2D eigenvalue weighted by molar-refractivity contribution is 5.93. The van der Waals surface area contributed by atoms with E-state index in [-0.39, 0.29) is 17.9 Å². The van der Waals surface area contributed by atoms with Gasteiger partial charge in [-0.05, 0) is 31.9 Å². The first kappa shape index (κ1) is 16.7. The van der Waals surface area contributed by atoms with E-state index in [4.69, 9.17) is 4.74 Å². The van der Waals surface area contributed by atoms with E-state index in [9.17, 15) is 4.79 Å². The molecule has 26 heavy (non-hydrogen) atoms. The van der Waals surface area contributed by atoms with Crippen molar-refractivity contribution >= 4 is 11.6 Å². The van der Waals surface area contributed by atoms with Gasteiger partial charge in [0.25, 0.3) is 5.91 Å². The molecule has 0 aliphatic carbocycles. The number of amides is 1. The molecule has 0 spiro atoms. The first-order chi connectivity index (χ1) is 12.5. The Morgan fingerprint density at radius 1 is 1.42 bits per heavy atom. The number of nitrogens with one attached hydrogen (secondary N) is 1. The van der Waals surface area contributed by atoms with Gasteiger partial charge < -0.3 is 9.64 Å². The largest absolute Gasteiger partial charge is 0.376 e. The summed E-state index contributed by atoms with van der Waals surface area (Å²) in [6.45, 7) is 5.01. The van der Waals surface area contributed by atoms with E-state index in [1.54, 1.807) is 18.1 Å². The van der Waals surface area contributed by atoms with Gasteiger partial charge >= 0.3 is 0 Å². The highest BCUT2D eigenvalue weighted by Gasteiger charge is 2.34. The lowest BCUT2D eigenvalue weighted by Crippen LogP contribution is -2.37. The van der Waals surface area contributed by atoms with Crippen LogP contribution in [-0.4, -0.2) is 61.7 Å². The Morgan fingerprint density at radius 3 is 3.04 bits per heavy atom. The van der Waals surface area contributed by atoms with Crippen LogP contribution < -0.4 is 0 Å². The molecule has 136 valence electrons. The number of hydrogen-bond donors (Lipinski definition) is 1. The molecule has 3 aromatic rings. The number of ether oxygens (including phenoxy) is 1. The molecule has 8 heteroatoms. The first-order valence-corrected chi connectivity index (χ1v) is 8.72. The minimum Gasteiger partial charge on any atom is -0.376 e. The number of aryl methyl sites for hydroxylation is 2. The number of likely N-dealkylation sites (N-methyl/N-ethyl adjacent to an activating group) is 1. The van der Waals surface area contributed by atoms with Gasteiger partial charge in [-0.2, -0.15) is 5.10 Å². The molecule has 3 aromatic heterocycles. The summed E-state index contributed by atoms with van der Waals surface area (Å²) in [5, 5.41) is 7.15. The zero-order chi connectivity index (χ0) is 18.3. The van der Waals surface area contributed by atoms with Gasteiger partial charge in [0.05, 0.1) is 18.2 Å². The van der Waals surface area contributed by atoms with Crippen molar-refractivity contribution in [2.45, 2.75) is 32.3 Å². The van der Waals surface area contributed by atoms with E-state index in [2.05, 4.69) is 20.2 Å². The number of fused-ring (bicyclic) bond motifs is 1. The van der Waals surface area contributed by atoms with Crippen LogP contribution in [0.1, 0.15) is 40.0 Å². The molecular weight excluding hydrogens is 332 g/mol. The Hall–Kier alpha value is -2.74. The van der Waals surface area contributed by atoms with Crippen molar-refractivity contribution in [3.05, 3.63) is 47.4 Å². The molecule has 0 aromatic carbocycles. The number of hydrogen-bond acceptors (Lipinski definition) is 5. The van der Waals surface area contributed by atoms with Crippen LogP contribution in [0.2, 0.25) is 0 Å². The molecule has 1 amide bonds. The number of H-pyrrole nitrogens is 1. The summed E-state index contributed by atoms with van der Waals surface area (Å²) in [4.78, 5) is 23.4. The van der Waals surface area contributed by atoms with Gasteiger partial charge in [0, 0.05) is 26.4 Å². The van der Waals surface area contributed by atoms with E-state index < -0.39 is 0 Å². The average Bonchev–Trinajstić information content (AvgIpc) is 3.33. The van der Waals surface area contributed by atoms with Gasteiger partial charge in [0.1, 0.15) is 17.2 Å². The molecule has 1 aliphatic rings. The summed E-state index contributed by atoms with van der Waals surface area (Å²) in [5.74, 6) is 1.57. The normalized spacial score (nSPS) is 20.0. The van der Waals surface area contributed by atoms with E-state index >= 15 is 0 Å². The average molecular weight is 354 g/mol. The zero-order valence-electron chi connectivity index (χ0n) is 15.1. The quantitative estimate of drug-likeness (QED) is 0.771. The fourth-order valence-electron chi connectivity index (χ4n) is 3.44.